The Bertz CT molecular complexity index is 1310. The van der Waals surface area contributed by atoms with E-state index in [0.29, 0.717) is 26.6 Å². The number of ketones is 1. The molecule has 4 aromatic rings. The summed E-state index contributed by atoms with van der Waals surface area (Å²) in [6.07, 6.45) is 0. The fraction of sp³-hybridized carbons (Fsp3) is 0.0435. The lowest BCUT2D eigenvalue weighted by Gasteiger charge is -2.12. The highest BCUT2D eigenvalue weighted by molar-refractivity contribution is 6.36. The highest BCUT2D eigenvalue weighted by Crippen LogP contribution is 2.32. The van der Waals surface area contributed by atoms with Crippen LogP contribution in [0.5, 0.6) is 5.75 Å². The summed E-state index contributed by atoms with van der Waals surface area (Å²) in [5.74, 6) is -0.244. The van der Waals surface area contributed by atoms with Gasteiger partial charge in [0.25, 0.3) is 0 Å². The molecule has 0 unspecified atom stereocenters. The quantitative estimate of drug-likeness (QED) is 0.312. The number of halogens is 3. The molecule has 0 saturated carbocycles. The second kappa shape index (κ2) is 8.52. The molecule has 7 heteroatoms. The van der Waals surface area contributed by atoms with Gasteiger partial charge in [-0.3, -0.25) is 9.59 Å². The number of hydrogen-bond acceptors (Lipinski definition) is 4. The fourth-order valence-corrected chi connectivity index (χ4v) is 3.62. The van der Waals surface area contributed by atoms with E-state index in [-0.39, 0.29) is 27.5 Å². The van der Waals surface area contributed by atoms with Crippen molar-refractivity contribution in [1.82, 2.24) is 0 Å². The molecule has 0 N–H and O–H groups in total. The lowest BCUT2D eigenvalue weighted by molar-refractivity contribution is 0.0920. The fourth-order valence-electron chi connectivity index (χ4n) is 2.98. The molecule has 30 heavy (non-hydrogen) atoms. The van der Waals surface area contributed by atoms with Crippen molar-refractivity contribution in [1.29, 1.82) is 0 Å². The van der Waals surface area contributed by atoms with Crippen LogP contribution in [0.3, 0.4) is 0 Å². The van der Waals surface area contributed by atoms with Crippen molar-refractivity contribution in [2.75, 3.05) is 6.61 Å². The summed E-state index contributed by atoms with van der Waals surface area (Å²) >= 11 is 18.0. The van der Waals surface area contributed by atoms with E-state index in [0.717, 1.165) is 0 Å². The molecule has 0 spiro atoms. The van der Waals surface area contributed by atoms with Crippen LogP contribution in [0, 0.1) is 0 Å². The highest BCUT2D eigenvalue weighted by Gasteiger charge is 2.20. The molecule has 0 aliphatic heterocycles. The number of ether oxygens (including phenoxy) is 1. The van der Waals surface area contributed by atoms with Crippen molar-refractivity contribution in [2.24, 2.45) is 0 Å². The molecule has 4 nitrogen and oxygen atoms in total. The van der Waals surface area contributed by atoms with E-state index in [9.17, 15) is 9.59 Å². The Morgan fingerprint density at radius 2 is 1.60 bits per heavy atom. The maximum Gasteiger partial charge on any atom is 0.235 e. The number of fused-ring (bicyclic) bond motifs is 1. The van der Waals surface area contributed by atoms with E-state index in [1.54, 1.807) is 54.6 Å². The molecule has 0 aliphatic carbocycles. The van der Waals surface area contributed by atoms with E-state index >= 15 is 0 Å². The molecular formula is C23H13Cl3O4. The standard InChI is InChI=1S/C23H13Cl3O4/c24-14-7-5-13(6-8-14)22-23(21(28)17-3-1-2-4-20(17)30-22)29-12-19(27)16-10-9-15(25)11-18(16)26/h1-11H,12H2. The SMILES string of the molecule is O=C(COc1c(-c2ccc(Cl)cc2)oc2ccccc2c1=O)c1ccc(Cl)cc1Cl. The van der Waals surface area contributed by atoms with E-state index < -0.39 is 12.4 Å². The van der Waals surface area contributed by atoms with Crippen molar-refractivity contribution in [2.45, 2.75) is 0 Å². The minimum absolute atomic E-state index is 0.0607. The monoisotopic (exact) mass is 458 g/mol. The molecule has 150 valence electrons. The van der Waals surface area contributed by atoms with Gasteiger partial charge in [-0.2, -0.15) is 0 Å². The maximum atomic E-state index is 13.1. The second-order valence-electron chi connectivity index (χ2n) is 6.43. The maximum absolute atomic E-state index is 13.1. The van der Waals surface area contributed by atoms with Crippen molar-refractivity contribution >= 4 is 51.6 Å². The summed E-state index contributed by atoms with van der Waals surface area (Å²) in [5, 5.41) is 1.51. The Kier molecular flexibility index (Phi) is 5.82. The Balaban J connectivity index is 1.76. The summed E-state index contributed by atoms with van der Waals surface area (Å²) in [5.41, 5.74) is 0.872. The van der Waals surface area contributed by atoms with Gasteiger partial charge in [0.1, 0.15) is 5.58 Å². The van der Waals surface area contributed by atoms with Crippen LogP contribution in [-0.4, -0.2) is 12.4 Å². The molecular weight excluding hydrogens is 447 g/mol. The first-order chi connectivity index (χ1) is 14.4. The summed E-state index contributed by atoms with van der Waals surface area (Å²) in [4.78, 5) is 25.7. The molecule has 4 rings (SSSR count). The van der Waals surface area contributed by atoms with Crippen molar-refractivity contribution in [3.63, 3.8) is 0 Å². The number of rotatable bonds is 5. The largest absolute Gasteiger partial charge is 0.478 e. The van der Waals surface area contributed by atoms with Crippen LogP contribution in [-0.2, 0) is 0 Å². The van der Waals surface area contributed by atoms with E-state index in [1.807, 2.05) is 0 Å². The van der Waals surface area contributed by atoms with Gasteiger partial charge in [-0.25, -0.2) is 0 Å². The third-order valence-electron chi connectivity index (χ3n) is 4.44. The molecule has 3 aromatic carbocycles. The highest BCUT2D eigenvalue weighted by atomic mass is 35.5. The third-order valence-corrected chi connectivity index (χ3v) is 5.24. The first-order valence-electron chi connectivity index (χ1n) is 8.87. The normalized spacial score (nSPS) is 10.9. The zero-order valence-corrected chi connectivity index (χ0v) is 17.6. The van der Waals surface area contributed by atoms with Crippen molar-refractivity contribution in [3.8, 4) is 17.1 Å². The Morgan fingerprint density at radius 1 is 0.900 bits per heavy atom. The number of Topliss-reactive ketones (excluding diaryl/α,β-unsaturated/α-hetero) is 1. The lowest BCUT2D eigenvalue weighted by Crippen LogP contribution is -2.17. The molecule has 0 radical (unpaired) electrons. The van der Waals surface area contributed by atoms with Crippen molar-refractivity contribution in [3.05, 3.63) is 97.6 Å². The summed E-state index contributed by atoms with van der Waals surface area (Å²) in [7, 11) is 0. The van der Waals surface area contributed by atoms with Crippen LogP contribution in [0.2, 0.25) is 15.1 Å². The smallest absolute Gasteiger partial charge is 0.235 e. The predicted octanol–water partition coefficient (Wildman–Crippen LogP) is 6.68. The van der Waals surface area contributed by atoms with Gasteiger partial charge in [0, 0.05) is 21.2 Å². The van der Waals surface area contributed by atoms with Crippen LogP contribution < -0.4 is 10.2 Å². The van der Waals surface area contributed by atoms with Crippen LogP contribution >= 0.6 is 34.8 Å². The first kappa shape index (κ1) is 20.5. The van der Waals surface area contributed by atoms with Gasteiger partial charge in [0.2, 0.25) is 17.0 Å². The van der Waals surface area contributed by atoms with Gasteiger partial charge in [0.15, 0.2) is 12.4 Å². The zero-order chi connectivity index (χ0) is 21.3. The Morgan fingerprint density at radius 3 is 2.33 bits per heavy atom. The molecule has 0 amide bonds. The van der Waals surface area contributed by atoms with Crippen LogP contribution in [0.15, 0.2) is 75.9 Å². The minimum atomic E-state index is -0.398. The van der Waals surface area contributed by atoms with Crippen molar-refractivity contribution < 1.29 is 13.9 Å². The van der Waals surface area contributed by atoms with E-state index in [1.165, 1.54) is 12.1 Å². The summed E-state index contributed by atoms with van der Waals surface area (Å²) < 4.78 is 11.6. The number of para-hydroxylation sites is 1. The van der Waals surface area contributed by atoms with Gasteiger partial charge in [-0.05, 0) is 54.6 Å². The average Bonchev–Trinajstić information content (AvgIpc) is 2.73. The summed E-state index contributed by atoms with van der Waals surface area (Å²) in [6.45, 7) is -0.398. The molecule has 0 saturated heterocycles. The minimum Gasteiger partial charge on any atom is -0.478 e. The van der Waals surface area contributed by atoms with Gasteiger partial charge in [-0.15, -0.1) is 0 Å². The molecule has 0 bridgehead atoms. The van der Waals surface area contributed by atoms with E-state index in [4.69, 9.17) is 44.0 Å². The number of hydrogen-bond donors (Lipinski definition) is 0. The predicted molar refractivity (Wildman–Crippen MR) is 119 cm³/mol. The molecule has 0 fully saturated rings. The molecule has 1 aromatic heterocycles. The lowest BCUT2D eigenvalue weighted by atomic mass is 10.1. The first-order valence-corrected chi connectivity index (χ1v) is 10.0. The van der Waals surface area contributed by atoms with Crippen LogP contribution in [0.4, 0.5) is 0 Å². The third kappa shape index (κ3) is 4.08. The second-order valence-corrected chi connectivity index (χ2v) is 7.71. The van der Waals surface area contributed by atoms with Crippen LogP contribution in [0.25, 0.3) is 22.3 Å². The topological polar surface area (TPSA) is 56.5 Å². The molecule has 0 atom stereocenters. The van der Waals surface area contributed by atoms with Gasteiger partial charge < -0.3 is 9.15 Å². The number of carbonyl (C=O) groups is 1. The molecule has 0 aliphatic rings. The zero-order valence-electron chi connectivity index (χ0n) is 15.3. The van der Waals surface area contributed by atoms with Crippen LogP contribution in [0.1, 0.15) is 10.4 Å². The molecule has 1 heterocycles. The van der Waals surface area contributed by atoms with E-state index in [2.05, 4.69) is 0 Å². The van der Waals surface area contributed by atoms with Gasteiger partial charge >= 0.3 is 0 Å². The number of benzene rings is 3. The Hall–Kier alpha value is -2.79. The number of carbonyl (C=O) groups excluding carboxylic acids is 1. The average molecular weight is 460 g/mol. The Labute approximate surface area is 186 Å². The van der Waals surface area contributed by atoms with Gasteiger partial charge in [-0.1, -0.05) is 46.9 Å². The van der Waals surface area contributed by atoms with Gasteiger partial charge in [0.05, 0.1) is 10.4 Å². The summed E-state index contributed by atoms with van der Waals surface area (Å²) in [6, 6.07) is 18.1.